The highest BCUT2D eigenvalue weighted by Gasteiger charge is 2.56. The van der Waals surface area contributed by atoms with Crippen molar-refractivity contribution >= 4 is 69.8 Å². The summed E-state index contributed by atoms with van der Waals surface area (Å²) in [7, 11) is 0. The Morgan fingerprint density at radius 3 is 2.47 bits per heavy atom. The average molecular weight is 668 g/mol. The van der Waals surface area contributed by atoms with Gasteiger partial charge in [0.1, 0.15) is 16.8 Å². The summed E-state index contributed by atoms with van der Waals surface area (Å²) in [4.78, 5) is 68.7. The Kier molecular flexibility index (Phi) is 8.49. The van der Waals surface area contributed by atoms with Crippen LogP contribution in [-0.2, 0) is 19.1 Å². The lowest BCUT2D eigenvalue weighted by Gasteiger charge is -2.31. The van der Waals surface area contributed by atoms with Crippen LogP contribution in [0, 0.1) is 11.7 Å². The van der Waals surface area contributed by atoms with E-state index in [2.05, 4.69) is 10.3 Å². The number of ether oxygens (including phenoxy) is 2. The zero-order chi connectivity index (χ0) is 31.8. The molecule has 1 aromatic heterocycles. The Balaban J connectivity index is 1.28. The minimum Gasteiger partial charge on any atom is -0.483 e. The standard InChI is InChI=1S/C31H23ClFN3O7S2/c1-2-42-30(40)15-3-8-18(9-4-15)34-22(37)14-43-21-12-5-16(32)13-20(21)23-24-26(44-27-25(23)45-31(41)35-27)29(39)36(28(24)38)19-10-6-17(33)7-11-19/h3-13,23-24,26H,2,14H2,1H3,(H,34,37)(H,35,41). The topological polar surface area (TPSA) is 135 Å². The van der Waals surface area contributed by atoms with E-state index >= 15 is 0 Å². The molecule has 0 spiro atoms. The number of H-pyrrole nitrogens is 1. The van der Waals surface area contributed by atoms with Crippen molar-refractivity contribution in [1.29, 1.82) is 0 Å². The first-order chi connectivity index (χ1) is 21.6. The van der Waals surface area contributed by atoms with Crippen LogP contribution in [0.4, 0.5) is 15.8 Å². The van der Waals surface area contributed by atoms with Gasteiger partial charge in [-0.05, 0) is 73.7 Å². The Labute approximate surface area is 268 Å². The maximum atomic E-state index is 14.0. The fourth-order valence-electron chi connectivity index (χ4n) is 5.34. The number of thioether (sulfide) groups is 1. The molecule has 0 saturated carbocycles. The summed E-state index contributed by atoms with van der Waals surface area (Å²) < 4.78 is 24.5. The summed E-state index contributed by atoms with van der Waals surface area (Å²) >= 11 is 8.42. The number of anilines is 2. The SMILES string of the molecule is CCOC(=O)c1ccc(NC(=O)COc2ccc(Cl)cc2C2c3sc(=O)[nH]c3SC3C(=O)N(c4ccc(F)cc4)C(=O)C32)cc1. The molecular weight excluding hydrogens is 645 g/mol. The van der Waals surface area contributed by atoms with E-state index in [1.54, 1.807) is 37.3 Å². The van der Waals surface area contributed by atoms with E-state index in [1.807, 2.05) is 0 Å². The predicted octanol–water partition coefficient (Wildman–Crippen LogP) is 5.22. The molecule has 4 aromatic rings. The van der Waals surface area contributed by atoms with Crippen LogP contribution in [0.25, 0.3) is 0 Å². The first kappa shape index (κ1) is 30.6. The second kappa shape index (κ2) is 12.5. The van der Waals surface area contributed by atoms with Gasteiger partial charge in [-0.15, -0.1) is 0 Å². The molecule has 2 N–H and O–H groups in total. The lowest BCUT2D eigenvalue weighted by Crippen LogP contribution is -2.32. The monoisotopic (exact) mass is 667 g/mol. The number of hydrogen-bond donors (Lipinski definition) is 2. The van der Waals surface area contributed by atoms with Gasteiger partial charge < -0.3 is 19.8 Å². The van der Waals surface area contributed by atoms with Crippen molar-refractivity contribution in [3.05, 3.63) is 103 Å². The van der Waals surface area contributed by atoms with Gasteiger partial charge in [0.05, 0.1) is 28.8 Å². The number of carbonyl (C=O) groups is 4. The highest BCUT2D eigenvalue weighted by molar-refractivity contribution is 8.00. The molecule has 45 heavy (non-hydrogen) atoms. The molecule has 14 heteroatoms. The molecule has 0 bridgehead atoms. The molecule has 3 aromatic carbocycles. The molecule has 2 aliphatic heterocycles. The Bertz CT molecular complexity index is 1880. The molecule has 10 nitrogen and oxygen atoms in total. The number of amides is 3. The Hall–Kier alpha value is -4.46. The third-order valence-corrected chi connectivity index (χ3v) is 9.89. The fourth-order valence-corrected chi connectivity index (χ4v) is 8.02. The lowest BCUT2D eigenvalue weighted by atomic mass is 9.82. The second-order valence-corrected chi connectivity index (χ2v) is 12.7. The van der Waals surface area contributed by atoms with E-state index in [1.165, 1.54) is 36.4 Å². The van der Waals surface area contributed by atoms with E-state index in [-0.39, 0.29) is 22.9 Å². The number of nitrogens with zero attached hydrogens (tertiary/aromatic N) is 1. The highest BCUT2D eigenvalue weighted by Crippen LogP contribution is 2.54. The lowest BCUT2D eigenvalue weighted by molar-refractivity contribution is -0.122. The third-order valence-electron chi connectivity index (χ3n) is 7.25. The molecule has 1 fully saturated rings. The van der Waals surface area contributed by atoms with E-state index in [0.717, 1.165) is 28.0 Å². The van der Waals surface area contributed by atoms with Crippen molar-refractivity contribution in [2.24, 2.45) is 5.92 Å². The number of fused-ring (bicyclic) bond motifs is 2. The summed E-state index contributed by atoms with van der Waals surface area (Å²) in [6.45, 7) is 1.52. The number of nitrogens with one attached hydrogen (secondary N) is 2. The number of imide groups is 1. The van der Waals surface area contributed by atoms with Gasteiger partial charge in [-0.3, -0.25) is 19.2 Å². The molecular formula is C31H23ClFN3O7S2. The van der Waals surface area contributed by atoms with Gasteiger partial charge in [-0.1, -0.05) is 34.7 Å². The van der Waals surface area contributed by atoms with E-state index < -0.39 is 53.2 Å². The number of halogens is 2. The smallest absolute Gasteiger partial charge is 0.338 e. The van der Waals surface area contributed by atoms with Gasteiger partial charge in [0.25, 0.3) is 5.91 Å². The first-order valence-electron chi connectivity index (χ1n) is 13.7. The summed E-state index contributed by atoms with van der Waals surface area (Å²) in [6, 6.07) is 15.9. The van der Waals surface area contributed by atoms with Crippen molar-refractivity contribution in [2.45, 2.75) is 23.1 Å². The van der Waals surface area contributed by atoms with Crippen LogP contribution in [0.5, 0.6) is 5.75 Å². The largest absolute Gasteiger partial charge is 0.483 e. The second-order valence-electron chi connectivity index (χ2n) is 10.1. The van der Waals surface area contributed by atoms with Crippen molar-refractivity contribution in [2.75, 3.05) is 23.4 Å². The molecule has 3 amide bonds. The molecule has 2 aliphatic rings. The van der Waals surface area contributed by atoms with Crippen molar-refractivity contribution < 1.29 is 33.0 Å². The predicted molar refractivity (Wildman–Crippen MR) is 167 cm³/mol. The zero-order valence-electron chi connectivity index (χ0n) is 23.4. The van der Waals surface area contributed by atoms with E-state index in [4.69, 9.17) is 21.1 Å². The number of benzene rings is 3. The molecule has 1 saturated heterocycles. The van der Waals surface area contributed by atoms with Crippen molar-refractivity contribution in [3.63, 3.8) is 0 Å². The van der Waals surface area contributed by atoms with Gasteiger partial charge in [0.15, 0.2) is 6.61 Å². The Morgan fingerprint density at radius 1 is 1.02 bits per heavy atom. The van der Waals surface area contributed by atoms with Crippen LogP contribution >= 0.6 is 34.7 Å². The van der Waals surface area contributed by atoms with Crippen LogP contribution < -0.4 is 19.8 Å². The maximum Gasteiger partial charge on any atom is 0.338 e. The first-order valence-corrected chi connectivity index (χ1v) is 15.7. The molecule has 0 radical (unpaired) electrons. The average Bonchev–Trinajstić information content (AvgIpc) is 3.51. The van der Waals surface area contributed by atoms with Gasteiger partial charge in [0.2, 0.25) is 11.8 Å². The Morgan fingerprint density at radius 2 is 1.76 bits per heavy atom. The fraction of sp³-hybridized carbons (Fsp3) is 0.194. The molecule has 230 valence electrons. The minimum atomic E-state index is -0.945. The maximum absolute atomic E-state index is 14.0. The van der Waals surface area contributed by atoms with Gasteiger partial charge in [-0.2, -0.15) is 0 Å². The van der Waals surface area contributed by atoms with Gasteiger partial charge >= 0.3 is 10.8 Å². The summed E-state index contributed by atoms with van der Waals surface area (Å²) in [5.74, 6) is -4.04. The number of aromatic amines is 1. The number of hydrogen-bond acceptors (Lipinski definition) is 9. The van der Waals surface area contributed by atoms with Crippen LogP contribution in [0.1, 0.15) is 33.6 Å². The zero-order valence-corrected chi connectivity index (χ0v) is 25.8. The van der Waals surface area contributed by atoms with Crippen LogP contribution in [0.15, 0.2) is 76.6 Å². The molecule has 6 rings (SSSR count). The molecule has 3 atom stereocenters. The normalized spacial score (nSPS) is 18.7. The van der Waals surface area contributed by atoms with Crippen LogP contribution in [0.2, 0.25) is 5.02 Å². The minimum absolute atomic E-state index is 0.228. The number of carbonyl (C=O) groups excluding carboxylic acids is 4. The number of rotatable bonds is 8. The van der Waals surface area contributed by atoms with Gasteiger partial charge in [-0.25, -0.2) is 14.1 Å². The number of esters is 1. The summed E-state index contributed by atoms with van der Waals surface area (Å²) in [5.41, 5.74) is 1.41. The molecule has 3 unspecified atom stereocenters. The number of thiazole rings is 1. The molecule has 0 aliphatic carbocycles. The quantitative estimate of drug-likeness (QED) is 0.193. The van der Waals surface area contributed by atoms with Crippen molar-refractivity contribution in [1.82, 2.24) is 4.98 Å². The van der Waals surface area contributed by atoms with E-state index in [9.17, 15) is 28.4 Å². The number of aromatic nitrogens is 1. The third kappa shape index (κ3) is 5.98. The van der Waals surface area contributed by atoms with Gasteiger partial charge in [0, 0.05) is 27.1 Å². The van der Waals surface area contributed by atoms with Crippen molar-refractivity contribution in [3.8, 4) is 5.75 Å². The van der Waals surface area contributed by atoms with Crippen LogP contribution in [-0.4, -0.2) is 47.1 Å². The summed E-state index contributed by atoms with van der Waals surface area (Å²) in [5, 5.41) is 2.57. The summed E-state index contributed by atoms with van der Waals surface area (Å²) in [6.07, 6.45) is 0. The highest BCUT2D eigenvalue weighted by atomic mass is 35.5. The molecule has 3 heterocycles. The van der Waals surface area contributed by atoms with E-state index in [0.29, 0.717) is 31.7 Å². The van der Waals surface area contributed by atoms with Crippen LogP contribution in [0.3, 0.4) is 0 Å².